The van der Waals surface area contributed by atoms with Gasteiger partial charge in [-0.05, 0) is 61.0 Å². The first-order chi connectivity index (χ1) is 15.6. The number of aromatic nitrogens is 2. The lowest BCUT2D eigenvalue weighted by Crippen LogP contribution is -2.10. The molecule has 1 amide bonds. The topological polar surface area (TPSA) is 78.5 Å². The van der Waals surface area contributed by atoms with Crippen LogP contribution in [0.4, 0.5) is 5.69 Å². The minimum Gasteiger partial charge on any atom is -0.494 e. The quantitative estimate of drug-likeness (QED) is 0.368. The maximum absolute atomic E-state index is 12.5. The highest BCUT2D eigenvalue weighted by molar-refractivity contribution is 6.30. The van der Waals surface area contributed by atoms with E-state index in [4.69, 9.17) is 25.5 Å². The van der Waals surface area contributed by atoms with Crippen molar-refractivity contribution in [3.63, 3.8) is 0 Å². The molecule has 4 aromatic rings. The highest BCUT2D eigenvalue weighted by Gasteiger charge is 2.13. The molecule has 1 N–H and O–H groups in total. The van der Waals surface area contributed by atoms with Gasteiger partial charge in [0.15, 0.2) is 5.76 Å². The summed E-state index contributed by atoms with van der Waals surface area (Å²) in [4.78, 5) is 12.5. The number of furan rings is 1. The lowest BCUT2D eigenvalue weighted by molar-refractivity contribution is 0.0992. The lowest BCUT2D eigenvalue weighted by atomic mass is 10.2. The standard InChI is InChI=1S/C24H22ClN3O4/c1-2-30-20-6-8-21(9-7-20)31-16-22-10-11-23(32-22)24(29)27-19-13-26-28(15-19)14-17-4-3-5-18(25)12-17/h3-13,15H,2,14,16H2,1H3,(H,27,29). The van der Waals surface area contributed by atoms with E-state index in [2.05, 4.69) is 10.4 Å². The van der Waals surface area contributed by atoms with E-state index in [0.717, 1.165) is 11.3 Å². The third kappa shape index (κ3) is 5.70. The second kappa shape index (κ2) is 10.1. The van der Waals surface area contributed by atoms with Gasteiger partial charge < -0.3 is 19.2 Å². The number of ether oxygens (including phenoxy) is 2. The number of halogens is 1. The Bertz CT molecular complexity index is 1180. The fraction of sp³-hybridized carbons (Fsp3) is 0.167. The predicted octanol–water partition coefficient (Wildman–Crippen LogP) is 5.41. The molecule has 2 aromatic carbocycles. The zero-order chi connectivity index (χ0) is 22.3. The molecule has 0 unspecified atom stereocenters. The van der Waals surface area contributed by atoms with Crippen molar-refractivity contribution in [2.45, 2.75) is 20.1 Å². The van der Waals surface area contributed by atoms with Gasteiger partial charge in [-0.1, -0.05) is 23.7 Å². The molecule has 164 valence electrons. The molecule has 0 aliphatic carbocycles. The van der Waals surface area contributed by atoms with Crippen LogP contribution in [0.1, 0.15) is 28.8 Å². The van der Waals surface area contributed by atoms with Crippen LogP contribution >= 0.6 is 11.6 Å². The number of carbonyl (C=O) groups is 1. The summed E-state index contributed by atoms with van der Waals surface area (Å²) in [6.45, 7) is 3.30. The van der Waals surface area contributed by atoms with Gasteiger partial charge in [-0.15, -0.1) is 0 Å². The molecule has 7 nitrogen and oxygen atoms in total. The van der Waals surface area contributed by atoms with Crippen molar-refractivity contribution in [3.8, 4) is 11.5 Å². The number of nitrogens with zero attached hydrogens (tertiary/aromatic N) is 2. The number of rotatable bonds is 9. The first-order valence-electron chi connectivity index (χ1n) is 10.1. The molecule has 0 aliphatic heterocycles. The number of amides is 1. The molecular formula is C24H22ClN3O4. The summed E-state index contributed by atoms with van der Waals surface area (Å²) in [5, 5.41) is 7.73. The zero-order valence-corrected chi connectivity index (χ0v) is 18.2. The number of hydrogen-bond donors (Lipinski definition) is 1. The van der Waals surface area contributed by atoms with Gasteiger partial charge >= 0.3 is 0 Å². The summed E-state index contributed by atoms with van der Waals surface area (Å²) >= 11 is 6.02. The molecule has 0 saturated heterocycles. The number of nitrogens with one attached hydrogen (secondary N) is 1. The van der Waals surface area contributed by atoms with E-state index in [9.17, 15) is 4.79 Å². The maximum Gasteiger partial charge on any atom is 0.291 e. The molecule has 4 rings (SSSR count). The van der Waals surface area contributed by atoms with Crippen LogP contribution in [-0.2, 0) is 13.2 Å². The molecule has 0 radical (unpaired) electrons. The van der Waals surface area contributed by atoms with Gasteiger partial charge in [0.25, 0.3) is 5.91 Å². The van der Waals surface area contributed by atoms with Gasteiger partial charge in [-0.25, -0.2) is 0 Å². The van der Waals surface area contributed by atoms with Gasteiger partial charge in [0.1, 0.15) is 23.9 Å². The molecule has 8 heteroatoms. The Kier molecular flexibility index (Phi) is 6.77. The summed E-state index contributed by atoms with van der Waals surface area (Å²) in [5.74, 6) is 1.84. The highest BCUT2D eigenvalue weighted by Crippen LogP contribution is 2.20. The van der Waals surface area contributed by atoms with E-state index in [0.29, 0.717) is 35.4 Å². The van der Waals surface area contributed by atoms with Crippen LogP contribution in [0.25, 0.3) is 0 Å². The summed E-state index contributed by atoms with van der Waals surface area (Å²) in [5.41, 5.74) is 1.59. The smallest absolute Gasteiger partial charge is 0.291 e. The fourth-order valence-electron chi connectivity index (χ4n) is 3.06. The van der Waals surface area contributed by atoms with Crippen LogP contribution in [0, 0.1) is 0 Å². The van der Waals surface area contributed by atoms with Crippen molar-refractivity contribution >= 4 is 23.2 Å². The number of carbonyl (C=O) groups excluding carboxylic acids is 1. The van der Waals surface area contributed by atoms with E-state index >= 15 is 0 Å². The van der Waals surface area contributed by atoms with Crippen LogP contribution in [0.5, 0.6) is 11.5 Å². The Morgan fingerprint density at radius 1 is 1.09 bits per heavy atom. The van der Waals surface area contributed by atoms with Crippen molar-refractivity contribution in [3.05, 3.63) is 95.2 Å². The second-order valence-electron chi connectivity index (χ2n) is 6.97. The molecule has 2 aromatic heterocycles. The third-order valence-electron chi connectivity index (χ3n) is 4.53. The van der Waals surface area contributed by atoms with Crippen LogP contribution in [0.2, 0.25) is 5.02 Å². The average molecular weight is 452 g/mol. The van der Waals surface area contributed by atoms with E-state index < -0.39 is 0 Å². The predicted molar refractivity (Wildman–Crippen MR) is 121 cm³/mol. The normalized spacial score (nSPS) is 10.7. The molecule has 0 aliphatic rings. The summed E-state index contributed by atoms with van der Waals surface area (Å²) < 4.78 is 18.4. The molecule has 32 heavy (non-hydrogen) atoms. The van der Waals surface area contributed by atoms with E-state index in [-0.39, 0.29) is 18.3 Å². The Hall–Kier alpha value is -3.71. The van der Waals surface area contributed by atoms with Gasteiger partial charge in [0.2, 0.25) is 0 Å². The number of anilines is 1. The monoisotopic (exact) mass is 451 g/mol. The van der Waals surface area contributed by atoms with Crippen LogP contribution in [-0.4, -0.2) is 22.3 Å². The zero-order valence-electron chi connectivity index (χ0n) is 17.5. The first kappa shape index (κ1) is 21.5. The fourth-order valence-corrected chi connectivity index (χ4v) is 3.27. The largest absolute Gasteiger partial charge is 0.494 e. The minimum atomic E-state index is -0.361. The lowest BCUT2D eigenvalue weighted by Gasteiger charge is -2.06. The van der Waals surface area contributed by atoms with Crippen molar-refractivity contribution in [1.29, 1.82) is 0 Å². The van der Waals surface area contributed by atoms with Gasteiger partial charge in [-0.3, -0.25) is 9.48 Å². The summed E-state index contributed by atoms with van der Waals surface area (Å²) in [6, 6.07) is 18.2. The Labute approximate surface area is 190 Å². The average Bonchev–Trinajstić information content (AvgIpc) is 3.43. The molecule has 0 saturated carbocycles. The van der Waals surface area contributed by atoms with Crippen molar-refractivity contribution < 1.29 is 18.7 Å². The molecule has 0 bridgehead atoms. The molecule has 0 fully saturated rings. The SMILES string of the molecule is CCOc1ccc(OCc2ccc(C(=O)Nc3cnn(Cc4cccc(Cl)c4)c3)o2)cc1. The number of hydrogen-bond acceptors (Lipinski definition) is 5. The van der Waals surface area contributed by atoms with Crippen LogP contribution in [0.15, 0.2) is 77.5 Å². The molecule has 0 spiro atoms. The summed E-state index contributed by atoms with van der Waals surface area (Å²) in [7, 11) is 0. The van der Waals surface area contributed by atoms with Gasteiger partial charge in [0, 0.05) is 11.2 Å². The maximum atomic E-state index is 12.5. The first-order valence-corrected chi connectivity index (χ1v) is 10.5. The van der Waals surface area contributed by atoms with E-state index in [1.165, 1.54) is 0 Å². The van der Waals surface area contributed by atoms with Crippen molar-refractivity contribution in [1.82, 2.24) is 9.78 Å². The summed E-state index contributed by atoms with van der Waals surface area (Å²) in [6.07, 6.45) is 3.33. The third-order valence-corrected chi connectivity index (χ3v) is 4.76. The van der Waals surface area contributed by atoms with Crippen molar-refractivity contribution in [2.24, 2.45) is 0 Å². The van der Waals surface area contributed by atoms with Gasteiger partial charge in [-0.2, -0.15) is 5.10 Å². The second-order valence-corrected chi connectivity index (χ2v) is 7.41. The molecular weight excluding hydrogens is 430 g/mol. The Morgan fingerprint density at radius 3 is 2.62 bits per heavy atom. The van der Waals surface area contributed by atoms with E-state index in [1.54, 1.807) is 29.2 Å². The van der Waals surface area contributed by atoms with Crippen LogP contribution in [0.3, 0.4) is 0 Å². The molecule has 2 heterocycles. The van der Waals surface area contributed by atoms with Gasteiger partial charge in [0.05, 0.1) is 25.0 Å². The van der Waals surface area contributed by atoms with E-state index in [1.807, 2.05) is 55.5 Å². The minimum absolute atomic E-state index is 0.192. The molecule has 0 atom stereocenters. The van der Waals surface area contributed by atoms with Crippen LogP contribution < -0.4 is 14.8 Å². The Morgan fingerprint density at radius 2 is 1.88 bits per heavy atom. The highest BCUT2D eigenvalue weighted by atomic mass is 35.5. The van der Waals surface area contributed by atoms with Crippen molar-refractivity contribution in [2.75, 3.05) is 11.9 Å². The number of benzene rings is 2. The Balaban J connectivity index is 1.30.